The fraction of sp³-hybridized carbons (Fsp3) is 0.200. The Morgan fingerprint density at radius 1 is 1.03 bits per heavy atom. The number of carboxylic acid groups (broad SMARTS) is 2. The summed E-state index contributed by atoms with van der Waals surface area (Å²) in [5.74, 6) is -2.75. The van der Waals surface area contributed by atoms with Crippen LogP contribution in [0, 0.1) is 6.92 Å². The lowest BCUT2D eigenvalue weighted by Gasteiger charge is -2.17. The van der Waals surface area contributed by atoms with Gasteiger partial charge in [0.25, 0.3) is 5.91 Å². The highest BCUT2D eigenvalue weighted by Crippen LogP contribution is 2.29. The number of aromatic nitrogens is 3. The van der Waals surface area contributed by atoms with E-state index in [9.17, 15) is 19.5 Å². The number of carboxylic acids is 2. The molecular formula is C25H25N7O5. The lowest BCUT2D eigenvalue weighted by atomic mass is 10.0. The second kappa shape index (κ2) is 10.3. The summed E-state index contributed by atoms with van der Waals surface area (Å²) in [4.78, 5) is 47.8. The number of benzene rings is 2. The van der Waals surface area contributed by atoms with Gasteiger partial charge in [0.1, 0.15) is 11.9 Å². The summed E-state index contributed by atoms with van der Waals surface area (Å²) < 4.78 is 0. The normalized spacial score (nSPS) is 11.8. The molecule has 0 aliphatic heterocycles. The number of carbonyl (C=O) groups is 3. The molecule has 0 bridgehead atoms. The monoisotopic (exact) mass is 503 g/mol. The zero-order chi connectivity index (χ0) is 26.7. The number of hydrogen-bond acceptors (Lipinski definition) is 9. The zero-order valence-electron chi connectivity index (χ0n) is 19.9. The molecule has 4 rings (SSSR count). The highest BCUT2D eigenvalue weighted by molar-refractivity contribution is 6.11. The molecule has 0 aliphatic carbocycles. The fourth-order valence-corrected chi connectivity index (χ4v) is 4.11. The molecule has 12 nitrogen and oxygen atoms in total. The van der Waals surface area contributed by atoms with Crippen LogP contribution >= 0.6 is 0 Å². The van der Waals surface area contributed by atoms with E-state index in [-0.39, 0.29) is 30.2 Å². The second-order valence-electron chi connectivity index (χ2n) is 8.43. The standard InChI is InChI=1S/C25H25N7O5/c1-12-13(11-29-22-20(12)21(26)31-25(27)32-22)10-28-17-7-6-16(14-4-2-3-5-15(14)17)23(35)30-18(24(36)37)8-9-19(33)34/h2-7,11,18,28H,8-10H2,1H3,(H,30,35)(H,33,34)(H,36,37)(H4,26,27,29,31,32). The summed E-state index contributed by atoms with van der Waals surface area (Å²) in [5.41, 5.74) is 14.9. The number of rotatable bonds is 9. The van der Waals surface area contributed by atoms with Gasteiger partial charge in [0.05, 0.1) is 5.39 Å². The number of anilines is 3. The van der Waals surface area contributed by atoms with Gasteiger partial charge >= 0.3 is 11.9 Å². The summed E-state index contributed by atoms with van der Waals surface area (Å²) in [5, 5.41) is 26.0. The maximum atomic E-state index is 13.0. The first-order valence-corrected chi connectivity index (χ1v) is 11.3. The molecule has 2 aromatic heterocycles. The zero-order valence-corrected chi connectivity index (χ0v) is 19.9. The van der Waals surface area contributed by atoms with Crippen LogP contribution in [0.5, 0.6) is 0 Å². The quantitative estimate of drug-likeness (QED) is 0.195. The average Bonchev–Trinajstić information content (AvgIpc) is 2.85. The van der Waals surface area contributed by atoms with E-state index in [1.54, 1.807) is 30.5 Å². The van der Waals surface area contributed by atoms with E-state index in [0.29, 0.717) is 23.0 Å². The maximum Gasteiger partial charge on any atom is 0.326 e. The van der Waals surface area contributed by atoms with E-state index in [0.717, 1.165) is 22.2 Å². The summed E-state index contributed by atoms with van der Waals surface area (Å²) >= 11 is 0. The first-order chi connectivity index (χ1) is 17.7. The Kier molecular flexibility index (Phi) is 7.00. The van der Waals surface area contributed by atoms with Crippen LogP contribution in [-0.4, -0.2) is 49.1 Å². The Bertz CT molecular complexity index is 1540. The van der Waals surface area contributed by atoms with Crippen molar-refractivity contribution in [3.05, 3.63) is 59.3 Å². The molecule has 0 radical (unpaired) electrons. The minimum Gasteiger partial charge on any atom is -0.481 e. The number of hydrogen-bond donors (Lipinski definition) is 6. The van der Waals surface area contributed by atoms with E-state index >= 15 is 0 Å². The molecular weight excluding hydrogens is 478 g/mol. The minimum atomic E-state index is -1.32. The van der Waals surface area contributed by atoms with Crippen molar-refractivity contribution in [2.75, 3.05) is 16.8 Å². The molecule has 2 aromatic carbocycles. The van der Waals surface area contributed by atoms with Gasteiger partial charge in [-0.15, -0.1) is 0 Å². The predicted octanol–water partition coefficient (Wildman–Crippen LogP) is 2.31. The summed E-state index contributed by atoms with van der Waals surface area (Å²) in [7, 11) is 0. The van der Waals surface area contributed by atoms with E-state index in [1.165, 1.54) is 0 Å². The third kappa shape index (κ3) is 5.32. The minimum absolute atomic E-state index is 0.0509. The van der Waals surface area contributed by atoms with Gasteiger partial charge in [-0.25, -0.2) is 9.78 Å². The van der Waals surface area contributed by atoms with Crippen molar-refractivity contribution >= 4 is 57.1 Å². The first-order valence-electron chi connectivity index (χ1n) is 11.3. The highest BCUT2D eigenvalue weighted by Gasteiger charge is 2.23. The van der Waals surface area contributed by atoms with Crippen LogP contribution in [-0.2, 0) is 16.1 Å². The number of nitrogens with one attached hydrogen (secondary N) is 2. The van der Waals surface area contributed by atoms with E-state index in [2.05, 4.69) is 25.6 Å². The highest BCUT2D eigenvalue weighted by atomic mass is 16.4. The number of nitrogens with two attached hydrogens (primary N) is 2. The Hall–Kier alpha value is -5.00. The molecule has 1 amide bonds. The summed E-state index contributed by atoms with van der Waals surface area (Å²) in [6.45, 7) is 2.29. The molecule has 190 valence electrons. The van der Waals surface area contributed by atoms with Crippen molar-refractivity contribution in [3.63, 3.8) is 0 Å². The average molecular weight is 504 g/mol. The van der Waals surface area contributed by atoms with Crippen LogP contribution in [0.25, 0.3) is 21.8 Å². The van der Waals surface area contributed by atoms with Crippen LogP contribution in [0.1, 0.15) is 34.3 Å². The number of nitrogens with zero attached hydrogens (tertiary/aromatic N) is 3. The van der Waals surface area contributed by atoms with Gasteiger partial charge in [-0.1, -0.05) is 24.3 Å². The molecule has 0 aliphatic rings. The van der Waals surface area contributed by atoms with Gasteiger partial charge in [-0.3, -0.25) is 9.59 Å². The Morgan fingerprint density at radius 3 is 2.46 bits per heavy atom. The largest absolute Gasteiger partial charge is 0.481 e. The van der Waals surface area contributed by atoms with E-state index < -0.39 is 23.9 Å². The summed E-state index contributed by atoms with van der Waals surface area (Å²) in [6.07, 6.45) is 1.08. The van der Waals surface area contributed by atoms with Crippen LogP contribution in [0.15, 0.2) is 42.6 Å². The Labute approximate surface area is 210 Å². The van der Waals surface area contributed by atoms with Gasteiger partial charge in [0.2, 0.25) is 5.95 Å². The smallest absolute Gasteiger partial charge is 0.326 e. The first kappa shape index (κ1) is 25.1. The van der Waals surface area contributed by atoms with Crippen molar-refractivity contribution in [2.45, 2.75) is 32.4 Å². The Balaban J connectivity index is 1.60. The van der Waals surface area contributed by atoms with Gasteiger partial charge in [0.15, 0.2) is 5.65 Å². The predicted molar refractivity (Wildman–Crippen MR) is 138 cm³/mol. The summed E-state index contributed by atoms with van der Waals surface area (Å²) in [6, 6.07) is 9.20. The number of carbonyl (C=O) groups excluding carboxylic acids is 1. The molecule has 12 heteroatoms. The lowest BCUT2D eigenvalue weighted by molar-refractivity contribution is -0.140. The second-order valence-corrected chi connectivity index (χ2v) is 8.43. The van der Waals surface area contributed by atoms with Crippen molar-refractivity contribution in [2.24, 2.45) is 0 Å². The number of fused-ring (bicyclic) bond motifs is 2. The van der Waals surface area contributed by atoms with Gasteiger partial charge in [-0.05, 0) is 42.0 Å². The molecule has 37 heavy (non-hydrogen) atoms. The molecule has 0 spiro atoms. The third-order valence-electron chi connectivity index (χ3n) is 6.02. The van der Waals surface area contributed by atoms with Gasteiger partial charge < -0.3 is 32.3 Å². The topological polar surface area (TPSA) is 206 Å². The number of amides is 1. The third-order valence-corrected chi connectivity index (χ3v) is 6.02. The molecule has 8 N–H and O–H groups in total. The number of pyridine rings is 1. The van der Waals surface area contributed by atoms with Crippen LogP contribution in [0.2, 0.25) is 0 Å². The van der Waals surface area contributed by atoms with Crippen LogP contribution in [0.3, 0.4) is 0 Å². The van der Waals surface area contributed by atoms with Crippen LogP contribution < -0.4 is 22.1 Å². The molecule has 1 atom stereocenters. The fourth-order valence-electron chi connectivity index (χ4n) is 4.11. The van der Waals surface area contributed by atoms with Crippen molar-refractivity contribution in [1.82, 2.24) is 20.3 Å². The molecule has 1 unspecified atom stereocenters. The molecule has 0 fully saturated rings. The molecule has 4 aromatic rings. The van der Waals surface area contributed by atoms with E-state index in [1.807, 2.05) is 19.1 Å². The SMILES string of the molecule is Cc1c(CNc2ccc(C(=O)NC(CCC(=O)O)C(=O)O)c3ccccc23)cnc2nc(N)nc(N)c12. The maximum absolute atomic E-state index is 13.0. The molecule has 0 saturated heterocycles. The van der Waals surface area contributed by atoms with Crippen molar-refractivity contribution in [3.8, 4) is 0 Å². The number of nitrogen functional groups attached to an aromatic ring is 2. The van der Waals surface area contributed by atoms with Crippen molar-refractivity contribution in [1.29, 1.82) is 0 Å². The van der Waals surface area contributed by atoms with Gasteiger partial charge in [0, 0.05) is 35.8 Å². The Morgan fingerprint density at radius 2 is 1.76 bits per heavy atom. The lowest BCUT2D eigenvalue weighted by Crippen LogP contribution is -2.41. The van der Waals surface area contributed by atoms with Gasteiger partial charge in [-0.2, -0.15) is 9.97 Å². The number of aryl methyl sites for hydroxylation is 1. The number of aliphatic carboxylic acids is 2. The molecule has 2 heterocycles. The molecule has 0 saturated carbocycles. The van der Waals surface area contributed by atoms with Crippen molar-refractivity contribution < 1.29 is 24.6 Å². The van der Waals surface area contributed by atoms with Crippen LogP contribution in [0.4, 0.5) is 17.5 Å². The van der Waals surface area contributed by atoms with E-state index in [4.69, 9.17) is 16.6 Å².